The zero-order valence-electron chi connectivity index (χ0n) is 10.5. The van der Waals surface area contributed by atoms with Crippen LogP contribution in [0.1, 0.15) is 12.5 Å². The lowest BCUT2D eigenvalue weighted by Gasteiger charge is -2.06. The molecular formula is C12H11N3O5. The first-order valence-electron chi connectivity index (χ1n) is 5.76. The van der Waals surface area contributed by atoms with Gasteiger partial charge in [0, 0.05) is 12.6 Å². The van der Waals surface area contributed by atoms with Crippen molar-refractivity contribution in [3.63, 3.8) is 0 Å². The lowest BCUT2D eigenvalue weighted by Crippen LogP contribution is -2.30. The highest BCUT2D eigenvalue weighted by molar-refractivity contribution is 6.14. The summed E-state index contributed by atoms with van der Waals surface area (Å²) in [6, 6.07) is 2.87. The Hall–Kier alpha value is -2.90. The Kier molecular flexibility index (Phi) is 3.38. The van der Waals surface area contributed by atoms with Crippen LogP contribution in [0.3, 0.4) is 0 Å². The van der Waals surface area contributed by atoms with Gasteiger partial charge < -0.3 is 10.4 Å². The highest BCUT2D eigenvalue weighted by atomic mass is 16.6. The molecule has 8 heteroatoms. The summed E-state index contributed by atoms with van der Waals surface area (Å²) in [5, 5.41) is 22.6. The Morgan fingerprint density at radius 2 is 2.15 bits per heavy atom. The normalized spacial score (nSPS) is 16.6. The number of amides is 3. The third-order valence-electron chi connectivity index (χ3n) is 2.79. The summed E-state index contributed by atoms with van der Waals surface area (Å²) in [4.78, 5) is 34.6. The van der Waals surface area contributed by atoms with Gasteiger partial charge >= 0.3 is 6.03 Å². The molecule has 1 aromatic carbocycles. The van der Waals surface area contributed by atoms with E-state index in [0.717, 1.165) is 17.0 Å². The number of phenols is 1. The average Bonchev–Trinajstić information content (AvgIpc) is 2.63. The molecule has 2 rings (SSSR count). The molecule has 0 aliphatic carbocycles. The SMILES string of the molecule is CCN1C(=O)N/C(=C/c2cc(O)ccc2[N+](=O)[O-])C1=O. The average molecular weight is 277 g/mol. The number of carbonyl (C=O) groups excluding carboxylic acids is 2. The first kappa shape index (κ1) is 13.5. The highest BCUT2D eigenvalue weighted by Gasteiger charge is 2.32. The molecule has 0 bridgehead atoms. The Morgan fingerprint density at radius 1 is 1.45 bits per heavy atom. The molecular weight excluding hydrogens is 266 g/mol. The van der Waals surface area contributed by atoms with Crippen molar-refractivity contribution < 1.29 is 19.6 Å². The second kappa shape index (κ2) is 5.00. The van der Waals surface area contributed by atoms with Gasteiger partial charge in [-0.15, -0.1) is 0 Å². The summed E-state index contributed by atoms with van der Waals surface area (Å²) in [5.41, 5.74) is -0.297. The molecule has 2 N–H and O–H groups in total. The van der Waals surface area contributed by atoms with E-state index in [1.807, 2.05) is 0 Å². The van der Waals surface area contributed by atoms with Crippen molar-refractivity contribution >= 4 is 23.7 Å². The van der Waals surface area contributed by atoms with E-state index in [-0.39, 0.29) is 29.2 Å². The van der Waals surface area contributed by atoms with Gasteiger partial charge in [0.15, 0.2) is 0 Å². The van der Waals surface area contributed by atoms with Gasteiger partial charge in [-0.25, -0.2) is 4.79 Å². The molecule has 3 amide bonds. The molecule has 8 nitrogen and oxygen atoms in total. The van der Waals surface area contributed by atoms with Crippen LogP contribution in [0.25, 0.3) is 6.08 Å². The van der Waals surface area contributed by atoms with Gasteiger partial charge in [0.1, 0.15) is 11.4 Å². The van der Waals surface area contributed by atoms with Crippen molar-refractivity contribution in [1.29, 1.82) is 0 Å². The summed E-state index contributed by atoms with van der Waals surface area (Å²) in [7, 11) is 0. The molecule has 1 saturated heterocycles. The molecule has 1 aliphatic heterocycles. The van der Waals surface area contributed by atoms with Gasteiger partial charge in [-0.3, -0.25) is 19.8 Å². The van der Waals surface area contributed by atoms with Crippen molar-refractivity contribution in [2.75, 3.05) is 6.54 Å². The fourth-order valence-electron chi connectivity index (χ4n) is 1.84. The molecule has 0 radical (unpaired) electrons. The standard InChI is InChI=1S/C12H11N3O5/c1-2-14-11(17)9(13-12(14)18)6-7-5-8(16)3-4-10(7)15(19)20/h3-6,16H,2H2,1H3,(H,13,18)/b9-6+. The number of rotatable bonds is 3. The monoisotopic (exact) mass is 277 g/mol. The summed E-state index contributed by atoms with van der Waals surface area (Å²) in [6.45, 7) is 1.83. The number of aromatic hydroxyl groups is 1. The van der Waals surface area contributed by atoms with Gasteiger partial charge in [-0.1, -0.05) is 0 Å². The Morgan fingerprint density at radius 3 is 2.70 bits per heavy atom. The van der Waals surface area contributed by atoms with Gasteiger partial charge in [0.25, 0.3) is 11.6 Å². The molecule has 104 valence electrons. The Labute approximate surface area is 113 Å². The van der Waals surface area contributed by atoms with E-state index in [0.29, 0.717) is 0 Å². The summed E-state index contributed by atoms with van der Waals surface area (Å²) in [6.07, 6.45) is 1.17. The second-order valence-electron chi connectivity index (χ2n) is 4.04. The van der Waals surface area contributed by atoms with Crippen LogP contribution in [0.15, 0.2) is 23.9 Å². The first-order valence-corrected chi connectivity index (χ1v) is 5.76. The molecule has 1 fully saturated rings. The highest BCUT2D eigenvalue weighted by Crippen LogP contribution is 2.26. The van der Waals surface area contributed by atoms with Crippen molar-refractivity contribution in [2.24, 2.45) is 0 Å². The molecule has 0 spiro atoms. The van der Waals surface area contributed by atoms with Crippen molar-refractivity contribution in [1.82, 2.24) is 10.2 Å². The lowest BCUT2D eigenvalue weighted by atomic mass is 10.1. The Balaban J connectivity index is 2.46. The van der Waals surface area contributed by atoms with Crippen molar-refractivity contribution in [2.45, 2.75) is 6.92 Å². The molecule has 0 aromatic heterocycles. The predicted molar refractivity (Wildman–Crippen MR) is 68.7 cm³/mol. The van der Waals surface area contributed by atoms with Crippen LogP contribution >= 0.6 is 0 Å². The Bertz CT molecular complexity index is 638. The van der Waals surface area contributed by atoms with Crippen LogP contribution in [-0.2, 0) is 4.79 Å². The maximum atomic E-state index is 11.9. The van der Waals surface area contributed by atoms with Crippen LogP contribution in [0.5, 0.6) is 5.75 Å². The number of hydrogen-bond acceptors (Lipinski definition) is 5. The van der Waals surface area contributed by atoms with E-state index in [2.05, 4.69) is 5.32 Å². The van der Waals surface area contributed by atoms with Crippen LogP contribution in [0.4, 0.5) is 10.5 Å². The number of imide groups is 1. The zero-order chi connectivity index (χ0) is 14.9. The van der Waals surface area contributed by atoms with Crippen LogP contribution in [0, 0.1) is 10.1 Å². The van der Waals surface area contributed by atoms with Crippen molar-refractivity contribution in [3.05, 3.63) is 39.6 Å². The molecule has 1 aromatic rings. The molecule has 20 heavy (non-hydrogen) atoms. The number of nitrogens with zero attached hydrogens (tertiary/aromatic N) is 2. The van der Waals surface area contributed by atoms with Gasteiger partial charge in [-0.05, 0) is 25.1 Å². The molecule has 0 atom stereocenters. The number of urea groups is 1. The minimum absolute atomic E-state index is 0.0385. The number of benzene rings is 1. The predicted octanol–water partition coefficient (Wildman–Crippen LogP) is 1.21. The minimum atomic E-state index is -0.634. The molecule has 1 aliphatic rings. The smallest absolute Gasteiger partial charge is 0.328 e. The lowest BCUT2D eigenvalue weighted by molar-refractivity contribution is -0.385. The van der Waals surface area contributed by atoms with E-state index in [4.69, 9.17) is 0 Å². The third kappa shape index (κ3) is 2.30. The number of phenolic OH excluding ortho intramolecular Hbond substituents is 1. The van der Waals surface area contributed by atoms with E-state index >= 15 is 0 Å². The molecule has 0 saturated carbocycles. The third-order valence-corrected chi connectivity index (χ3v) is 2.79. The number of nitro groups is 1. The van der Waals surface area contributed by atoms with Gasteiger partial charge in [-0.2, -0.15) is 0 Å². The fraction of sp³-hybridized carbons (Fsp3) is 0.167. The van der Waals surface area contributed by atoms with E-state index < -0.39 is 16.9 Å². The van der Waals surface area contributed by atoms with Crippen molar-refractivity contribution in [3.8, 4) is 5.75 Å². The van der Waals surface area contributed by atoms with E-state index in [1.54, 1.807) is 6.92 Å². The summed E-state index contributed by atoms with van der Waals surface area (Å²) < 4.78 is 0. The number of carbonyl (C=O) groups is 2. The quantitative estimate of drug-likeness (QED) is 0.373. The van der Waals surface area contributed by atoms with Gasteiger partial charge in [0.2, 0.25) is 0 Å². The zero-order valence-corrected chi connectivity index (χ0v) is 10.5. The van der Waals surface area contributed by atoms with Crippen LogP contribution in [-0.4, -0.2) is 33.4 Å². The molecule has 0 unspecified atom stereocenters. The van der Waals surface area contributed by atoms with E-state index in [1.165, 1.54) is 12.1 Å². The largest absolute Gasteiger partial charge is 0.508 e. The maximum Gasteiger partial charge on any atom is 0.328 e. The summed E-state index contributed by atoms with van der Waals surface area (Å²) >= 11 is 0. The van der Waals surface area contributed by atoms with E-state index in [9.17, 15) is 24.8 Å². The van der Waals surface area contributed by atoms with Gasteiger partial charge in [0.05, 0.1) is 10.5 Å². The summed E-state index contributed by atoms with van der Waals surface area (Å²) in [5.74, 6) is -0.735. The number of nitro benzene ring substituents is 1. The second-order valence-corrected chi connectivity index (χ2v) is 4.04. The number of likely N-dealkylation sites (N-methyl/N-ethyl adjacent to an activating group) is 1. The first-order chi connectivity index (χ1) is 9.43. The maximum absolute atomic E-state index is 11.9. The minimum Gasteiger partial charge on any atom is -0.508 e. The fourth-order valence-corrected chi connectivity index (χ4v) is 1.84. The van der Waals surface area contributed by atoms with Crippen LogP contribution in [0.2, 0.25) is 0 Å². The van der Waals surface area contributed by atoms with Crippen LogP contribution < -0.4 is 5.32 Å². The molecule has 1 heterocycles. The topological polar surface area (TPSA) is 113 Å². The number of nitrogens with one attached hydrogen (secondary N) is 1. The number of hydrogen-bond donors (Lipinski definition) is 2.